The van der Waals surface area contributed by atoms with Gasteiger partial charge in [-0.1, -0.05) is 17.5 Å². The van der Waals surface area contributed by atoms with Crippen LogP contribution < -0.4 is 11.4 Å². The van der Waals surface area contributed by atoms with Gasteiger partial charge in [-0.05, 0) is 0 Å². The summed E-state index contributed by atoms with van der Waals surface area (Å²) >= 11 is 6.11. The molecule has 178 valence electrons. The molecule has 2 aromatic rings. The Morgan fingerprint density at radius 2 is 2.03 bits per heavy atom. The normalized spacial score (nSPS) is 21.5. The topological polar surface area (TPSA) is 141 Å². The first-order valence-corrected chi connectivity index (χ1v) is 9.66. The molecule has 3 heterocycles. The number of fused-ring (bicyclic) bond motifs is 1. The number of alkyl halides is 3. The SMILES string of the molecule is C#CCn1c(=O)n([C@@H]2O[C@H]([C@@H](OC(C)=O)C(F)(F)F)C[C@H]2OC(C)=O)c2nc(N)nc(Cl)c21. The van der Waals surface area contributed by atoms with Crippen molar-refractivity contribution >= 4 is 40.7 Å². The summed E-state index contributed by atoms with van der Waals surface area (Å²) in [5.74, 6) is -0.150. The van der Waals surface area contributed by atoms with Gasteiger partial charge in [0, 0.05) is 20.3 Å². The highest BCUT2D eigenvalue weighted by atomic mass is 35.5. The molecule has 2 N–H and O–H groups in total. The van der Waals surface area contributed by atoms with Crippen LogP contribution in [0.4, 0.5) is 19.1 Å². The highest BCUT2D eigenvalue weighted by Gasteiger charge is 2.54. The van der Waals surface area contributed by atoms with Crippen LogP contribution in [0, 0.1) is 12.3 Å². The number of nitrogens with zero attached hydrogens (tertiary/aromatic N) is 4. The van der Waals surface area contributed by atoms with Crippen LogP contribution in [0.15, 0.2) is 4.79 Å². The van der Waals surface area contributed by atoms with Crippen molar-refractivity contribution in [1.29, 1.82) is 0 Å². The first-order valence-electron chi connectivity index (χ1n) is 9.29. The van der Waals surface area contributed by atoms with Gasteiger partial charge in [0.1, 0.15) is 17.7 Å². The summed E-state index contributed by atoms with van der Waals surface area (Å²) in [4.78, 5) is 43.7. The molecular formula is C18H17ClF3N5O6. The van der Waals surface area contributed by atoms with Gasteiger partial charge in [-0.2, -0.15) is 23.1 Å². The Kier molecular flexibility index (Phi) is 6.57. The molecule has 2 aromatic heterocycles. The lowest BCUT2D eigenvalue weighted by Crippen LogP contribution is -2.43. The van der Waals surface area contributed by atoms with Crippen molar-refractivity contribution in [2.45, 2.75) is 57.5 Å². The third-order valence-electron chi connectivity index (χ3n) is 4.65. The number of hydrogen-bond acceptors (Lipinski definition) is 9. The number of halogens is 4. The summed E-state index contributed by atoms with van der Waals surface area (Å²) < 4.78 is 57.6. The average molecular weight is 492 g/mol. The van der Waals surface area contributed by atoms with E-state index in [-0.39, 0.29) is 28.8 Å². The van der Waals surface area contributed by atoms with E-state index in [1.165, 1.54) is 0 Å². The van der Waals surface area contributed by atoms with E-state index in [1.54, 1.807) is 0 Å². The van der Waals surface area contributed by atoms with Crippen LogP contribution in [0.25, 0.3) is 11.2 Å². The Bertz CT molecular complexity index is 1200. The van der Waals surface area contributed by atoms with E-state index < -0.39 is 54.8 Å². The van der Waals surface area contributed by atoms with Crippen LogP contribution in [0.3, 0.4) is 0 Å². The number of anilines is 1. The van der Waals surface area contributed by atoms with Gasteiger partial charge < -0.3 is 19.9 Å². The number of nitrogen functional groups attached to an aromatic ring is 1. The fourth-order valence-corrected chi connectivity index (χ4v) is 3.83. The molecule has 0 unspecified atom stereocenters. The Labute approximate surface area is 188 Å². The minimum Gasteiger partial charge on any atom is -0.458 e. The minimum atomic E-state index is -5.01. The van der Waals surface area contributed by atoms with Crippen molar-refractivity contribution in [1.82, 2.24) is 19.1 Å². The fourth-order valence-electron chi connectivity index (χ4n) is 3.56. The number of rotatable bonds is 5. The Morgan fingerprint density at radius 3 is 2.58 bits per heavy atom. The van der Waals surface area contributed by atoms with Gasteiger partial charge in [0.2, 0.25) is 12.1 Å². The van der Waals surface area contributed by atoms with E-state index in [9.17, 15) is 27.6 Å². The Balaban J connectivity index is 2.18. The second kappa shape index (κ2) is 8.91. The molecule has 11 nitrogen and oxygen atoms in total. The van der Waals surface area contributed by atoms with Gasteiger partial charge in [-0.25, -0.2) is 9.36 Å². The van der Waals surface area contributed by atoms with Crippen LogP contribution in [-0.4, -0.2) is 55.5 Å². The summed E-state index contributed by atoms with van der Waals surface area (Å²) in [5, 5.41) is -0.240. The van der Waals surface area contributed by atoms with Gasteiger partial charge in [-0.3, -0.25) is 14.2 Å². The monoisotopic (exact) mass is 491 g/mol. The van der Waals surface area contributed by atoms with E-state index in [0.717, 1.165) is 23.0 Å². The summed E-state index contributed by atoms with van der Waals surface area (Å²) in [6, 6.07) is 0. The van der Waals surface area contributed by atoms with Crippen LogP contribution in [0.2, 0.25) is 5.15 Å². The zero-order chi connectivity index (χ0) is 24.7. The highest BCUT2D eigenvalue weighted by Crippen LogP contribution is 2.39. The van der Waals surface area contributed by atoms with Gasteiger partial charge in [0.25, 0.3) is 0 Å². The minimum absolute atomic E-state index is 0.0465. The smallest absolute Gasteiger partial charge is 0.428 e. The number of aromatic nitrogens is 4. The third kappa shape index (κ3) is 4.74. The second-order valence-corrected chi connectivity index (χ2v) is 7.37. The summed E-state index contributed by atoms with van der Waals surface area (Å²) in [7, 11) is 0. The van der Waals surface area contributed by atoms with E-state index in [4.69, 9.17) is 33.2 Å². The Morgan fingerprint density at radius 1 is 1.36 bits per heavy atom. The predicted molar refractivity (Wildman–Crippen MR) is 106 cm³/mol. The van der Waals surface area contributed by atoms with E-state index in [1.807, 2.05) is 0 Å². The van der Waals surface area contributed by atoms with Crippen LogP contribution >= 0.6 is 11.6 Å². The molecule has 0 spiro atoms. The molecule has 1 fully saturated rings. The van der Waals surface area contributed by atoms with Crippen molar-refractivity contribution in [3.63, 3.8) is 0 Å². The van der Waals surface area contributed by atoms with Gasteiger partial charge >= 0.3 is 23.8 Å². The van der Waals surface area contributed by atoms with Gasteiger partial charge in [-0.15, -0.1) is 6.42 Å². The van der Waals surface area contributed by atoms with Gasteiger partial charge in [0.15, 0.2) is 17.0 Å². The van der Waals surface area contributed by atoms with E-state index in [0.29, 0.717) is 0 Å². The molecule has 1 aliphatic heterocycles. The standard InChI is InChI=1S/C18H17ClF3N5O6/c1-4-5-26-11-13(19)24-16(23)25-14(11)27(17(26)30)15-10(31-7(2)28)6-9(33-15)12(18(20,21)22)32-8(3)29/h1,9-10,12,15H,5-6H2,2-3H3,(H2,23,24,25)/t9-,10+,12+,15+/m0/s1. The molecule has 0 bridgehead atoms. The van der Waals surface area contributed by atoms with Crippen LogP contribution in [0.1, 0.15) is 26.5 Å². The number of ether oxygens (including phenoxy) is 3. The van der Waals surface area contributed by atoms with Crippen molar-refractivity contribution in [2.24, 2.45) is 0 Å². The molecule has 15 heteroatoms. The number of imidazole rings is 1. The van der Waals surface area contributed by atoms with E-state index in [2.05, 4.69) is 20.6 Å². The van der Waals surface area contributed by atoms with Crippen molar-refractivity contribution in [2.75, 3.05) is 5.73 Å². The number of nitrogens with two attached hydrogens (primary N) is 1. The second-order valence-electron chi connectivity index (χ2n) is 7.01. The van der Waals surface area contributed by atoms with Crippen molar-refractivity contribution in [3.05, 3.63) is 15.6 Å². The zero-order valence-electron chi connectivity index (χ0n) is 17.1. The van der Waals surface area contributed by atoms with Crippen molar-refractivity contribution in [3.8, 4) is 12.3 Å². The molecule has 0 aliphatic carbocycles. The summed E-state index contributed by atoms with van der Waals surface area (Å²) in [6.07, 6.45) is -7.73. The maximum Gasteiger partial charge on any atom is 0.428 e. The third-order valence-corrected chi connectivity index (χ3v) is 4.91. The molecular weight excluding hydrogens is 475 g/mol. The lowest BCUT2D eigenvalue weighted by Gasteiger charge is -2.25. The maximum atomic E-state index is 13.6. The number of esters is 2. The lowest BCUT2D eigenvalue weighted by atomic mass is 10.1. The largest absolute Gasteiger partial charge is 0.458 e. The van der Waals surface area contributed by atoms with E-state index >= 15 is 0 Å². The molecule has 3 rings (SSSR count). The van der Waals surface area contributed by atoms with Crippen LogP contribution in [0.5, 0.6) is 0 Å². The first-order chi connectivity index (χ1) is 15.3. The molecule has 0 amide bonds. The van der Waals surface area contributed by atoms with Crippen LogP contribution in [-0.2, 0) is 30.3 Å². The Hall–Kier alpha value is -3.31. The molecule has 33 heavy (non-hydrogen) atoms. The predicted octanol–water partition coefficient (Wildman–Crippen LogP) is 1.17. The number of carbonyl (C=O) groups is 2. The fraction of sp³-hybridized carbons (Fsp3) is 0.500. The summed E-state index contributed by atoms with van der Waals surface area (Å²) in [6.45, 7) is 1.54. The van der Waals surface area contributed by atoms with Gasteiger partial charge in [0.05, 0.1) is 6.54 Å². The highest BCUT2D eigenvalue weighted by molar-refractivity contribution is 6.33. The lowest BCUT2D eigenvalue weighted by molar-refractivity contribution is -0.248. The maximum absolute atomic E-state index is 13.6. The number of terminal acetylenes is 1. The molecule has 0 saturated carbocycles. The number of carbonyl (C=O) groups excluding carboxylic acids is 2. The first kappa shape index (κ1) is 24.3. The molecule has 0 aromatic carbocycles. The molecule has 0 radical (unpaired) electrons. The number of hydrogen-bond donors (Lipinski definition) is 1. The average Bonchev–Trinajstić information content (AvgIpc) is 3.17. The summed E-state index contributed by atoms with van der Waals surface area (Å²) in [5.41, 5.74) is 4.50. The zero-order valence-corrected chi connectivity index (χ0v) is 17.9. The quantitative estimate of drug-likeness (QED) is 0.370. The molecule has 1 saturated heterocycles. The molecule has 4 atom stereocenters. The molecule has 1 aliphatic rings. The van der Waals surface area contributed by atoms with Crippen molar-refractivity contribution < 1.29 is 37.0 Å².